The molecule has 0 saturated carbocycles. The molecule has 30 heavy (non-hydrogen) atoms. The average Bonchev–Trinajstić information content (AvgIpc) is 2.74. The highest BCUT2D eigenvalue weighted by Crippen LogP contribution is 2.41. The van der Waals surface area contributed by atoms with Crippen LogP contribution < -0.4 is 10.1 Å². The summed E-state index contributed by atoms with van der Waals surface area (Å²) in [6.07, 6.45) is -2.69. The smallest absolute Gasteiger partial charge is 0.416 e. The van der Waals surface area contributed by atoms with Crippen molar-refractivity contribution in [3.05, 3.63) is 95.1 Å². The average molecular weight is 416 g/mol. The Morgan fingerprint density at radius 2 is 1.73 bits per heavy atom. The SMILES string of the molecule is O=C(N[C@]1(c2ccc(C(F)(F)F)cc2)CCOc2cccnc21)c1ccc(F)cc1. The minimum atomic E-state index is -4.48. The molecule has 1 aliphatic heterocycles. The van der Waals surface area contributed by atoms with E-state index in [9.17, 15) is 22.4 Å². The summed E-state index contributed by atoms with van der Waals surface area (Å²) in [6.45, 7) is 0.226. The molecule has 1 aromatic heterocycles. The third-order valence-electron chi connectivity index (χ3n) is 5.05. The first-order chi connectivity index (χ1) is 14.3. The van der Waals surface area contributed by atoms with Gasteiger partial charge in [0.15, 0.2) is 0 Å². The minimum Gasteiger partial charge on any atom is -0.491 e. The van der Waals surface area contributed by atoms with Gasteiger partial charge in [-0.15, -0.1) is 0 Å². The third kappa shape index (κ3) is 3.60. The van der Waals surface area contributed by atoms with Crippen molar-refractivity contribution in [3.63, 3.8) is 0 Å². The van der Waals surface area contributed by atoms with E-state index in [0.717, 1.165) is 24.3 Å². The van der Waals surface area contributed by atoms with Crippen molar-refractivity contribution >= 4 is 5.91 Å². The van der Waals surface area contributed by atoms with Crippen LogP contribution in [0.2, 0.25) is 0 Å². The van der Waals surface area contributed by atoms with Crippen LogP contribution in [0.15, 0.2) is 66.9 Å². The summed E-state index contributed by atoms with van der Waals surface area (Å²) < 4.78 is 58.0. The molecule has 0 fully saturated rings. The Labute approximate surface area is 169 Å². The summed E-state index contributed by atoms with van der Waals surface area (Å²) >= 11 is 0. The number of nitrogens with one attached hydrogen (secondary N) is 1. The number of benzene rings is 2. The van der Waals surface area contributed by atoms with Gasteiger partial charge in [0.05, 0.1) is 12.2 Å². The summed E-state index contributed by atoms with van der Waals surface area (Å²) in [4.78, 5) is 17.3. The van der Waals surface area contributed by atoms with E-state index in [2.05, 4.69) is 10.3 Å². The van der Waals surface area contributed by atoms with Gasteiger partial charge in [0.1, 0.15) is 22.8 Å². The fourth-order valence-corrected chi connectivity index (χ4v) is 3.55. The van der Waals surface area contributed by atoms with Gasteiger partial charge in [-0.25, -0.2) is 4.39 Å². The van der Waals surface area contributed by atoms with Crippen molar-refractivity contribution in [2.45, 2.75) is 18.1 Å². The van der Waals surface area contributed by atoms with Gasteiger partial charge in [-0.1, -0.05) is 12.1 Å². The third-order valence-corrected chi connectivity index (χ3v) is 5.05. The van der Waals surface area contributed by atoms with E-state index in [4.69, 9.17) is 4.74 Å². The van der Waals surface area contributed by atoms with Gasteiger partial charge < -0.3 is 10.1 Å². The number of amides is 1. The lowest BCUT2D eigenvalue weighted by atomic mass is 9.80. The first-order valence-electron chi connectivity index (χ1n) is 9.14. The molecule has 0 unspecified atom stereocenters. The van der Waals surface area contributed by atoms with E-state index in [0.29, 0.717) is 17.0 Å². The molecule has 0 saturated heterocycles. The summed E-state index contributed by atoms with van der Waals surface area (Å²) in [6, 6.07) is 13.0. The molecule has 4 rings (SSSR count). The van der Waals surface area contributed by atoms with Crippen LogP contribution in [-0.2, 0) is 11.7 Å². The van der Waals surface area contributed by atoms with Crippen molar-refractivity contribution in [1.82, 2.24) is 10.3 Å². The zero-order valence-electron chi connectivity index (χ0n) is 15.5. The summed E-state index contributed by atoms with van der Waals surface area (Å²) in [5, 5.41) is 2.91. The molecule has 1 amide bonds. The van der Waals surface area contributed by atoms with Crippen LogP contribution in [0.25, 0.3) is 0 Å². The van der Waals surface area contributed by atoms with E-state index >= 15 is 0 Å². The van der Waals surface area contributed by atoms with Crippen LogP contribution in [-0.4, -0.2) is 17.5 Å². The van der Waals surface area contributed by atoms with Crippen molar-refractivity contribution in [1.29, 1.82) is 0 Å². The Morgan fingerprint density at radius 3 is 2.40 bits per heavy atom. The number of rotatable bonds is 3. The second-order valence-corrected chi connectivity index (χ2v) is 6.89. The van der Waals surface area contributed by atoms with Gasteiger partial charge in [-0.2, -0.15) is 13.2 Å². The van der Waals surface area contributed by atoms with E-state index in [-0.39, 0.29) is 18.6 Å². The van der Waals surface area contributed by atoms with Gasteiger partial charge in [-0.3, -0.25) is 9.78 Å². The Morgan fingerprint density at radius 1 is 1.03 bits per heavy atom. The van der Waals surface area contributed by atoms with Crippen molar-refractivity contribution in [3.8, 4) is 5.75 Å². The number of ether oxygens (including phenoxy) is 1. The Hall–Kier alpha value is -3.42. The molecule has 0 spiro atoms. The van der Waals surface area contributed by atoms with E-state index < -0.39 is 29.0 Å². The van der Waals surface area contributed by atoms with E-state index in [1.807, 2.05) is 0 Å². The number of aromatic nitrogens is 1. The molecule has 154 valence electrons. The zero-order chi connectivity index (χ0) is 21.4. The second-order valence-electron chi connectivity index (χ2n) is 6.89. The van der Waals surface area contributed by atoms with Gasteiger partial charge in [0, 0.05) is 18.2 Å². The molecule has 4 nitrogen and oxygen atoms in total. The standard InChI is InChI=1S/C22H16F4N2O2/c23-17-9-3-14(4-10-17)20(29)28-21(11-13-30-18-2-1-12-27-19(18)21)15-5-7-16(8-6-15)22(24,25)26/h1-10,12H,11,13H2,(H,28,29)/t21-/m0/s1. The molecule has 1 N–H and O–H groups in total. The number of hydrogen-bond donors (Lipinski definition) is 1. The second kappa shape index (κ2) is 7.44. The normalized spacial score (nSPS) is 18.3. The lowest BCUT2D eigenvalue weighted by Crippen LogP contribution is -2.50. The van der Waals surface area contributed by atoms with Crippen molar-refractivity contribution in [2.75, 3.05) is 6.61 Å². The summed E-state index contributed by atoms with van der Waals surface area (Å²) in [7, 11) is 0. The number of carbonyl (C=O) groups is 1. The number of halogens is 4. The number of nitrogens with zero attached hydrogens (tertiary/aromatic N) is 1. The van der Waals surface area contributed by atoms with Crippen LogP contribution in [0.3, 0.4) is 0 Å². The fourth-order valence-electron chi connectivity index (χ4n) is 3.55. The quantitative estimate of drug-likeness (QED) is 0.630. The molecule has 0 bridgehead atoms. The van der Waals surface area contributed by atoms with E-state index in [1.54, 1.807) is 12.1 Å². The van der Waals surface area contributed by atoms with Crippen molar-refractivity contribution in [2.24, 2.45) is 0 Å². The predicted molar refractivity (Wildman–Crippen MR) is 100 cm³/mol. The topological polar surface area (TPSA) is 51.2 Å². The predicted octanol–water partition coefficient (Wildman–Crippen LogP) is 4.70. The number of alkyl halides is 3. The first-order valence-corrected chi connectivity index (χ1v) is 9.14. The molecule has 0 aliphatic carbocycles. The zero-order valence-corrected chi connectivity index (χ0v) is 15.5. The number of fused-ring (bicyclic) bond motifs is 1. The monoisotopic (exact) mass is 416 g/mol. The molecule has 1 aliphatic rings. The lowest BCUT2D eigenvalue weighted by Gasteiger charge is -2.39. The summed E-state index contributed by atoms with van der Waals surface area (Å²) in [5.41, 5.74) is -0.948. The van der Waals surface area contributed by atoms with Crippen LogP contribution in [0, 0.1) is 5.82 Å². The molecule has 8 heteroatoms. The highest BCUT2D eigenvalue weighted by Gasteiger charge is 2.43. The maximum Gasteiger partial charge on any atom is 0.416 e. The lowest BCUT2D eigenvalue weighted by molar-refractivity contribution is -0.137. The highest BCUT2D eigenvalue weighted by molar-refractivity contribution is 5.95. The Balaban J connectivity index is 1.80. The van der Waals surface area contributed by atoms with Crippen LogP contribution >= 0.6 is 0 Å². The minimum absolute atomic E-state index is 0.214. The molecule has 0 radical (unpaired) electrons. The maximum absolute atomic E-state index is 13.2. The van der Waals surface area contributed by atoms with Crippen LogP contribution in [0.4, 0.5) is 17.6 Å². The molecule has 1 atom stereocenters. The van der Waals surface area contributed by atoms with Gasteiger partial charge >= 0.3 is 6.18 Å². The number of pyridine rings is 1. The van der Waals surface area contributed by atoms with Gasteiger partial charge in [-0.05, 0) is 54.1 Å². The largest absolute Gasteiger partial charge is 0.491 e. The van der Waals surface area contributed by atoms with E-state index in [1.165, 1.54) is 30.5 Å². The molecule has 3 aromatic rings. The van der Waals surface area contributed by atoms with Crippen LogP contribution in [0.5, 0.6) is 5.75 Å². The first kappa shape index (κ1) is 19.9. The molecule has 2 aromatic carbocycles. The summed E-state index contributed by atoms with van der Waals surface area (Å²) in [5.74, 6) is -0.557. The molecular formula is C22H16F4N2O2. The number of hydrogen-bond acceptors (Lipinski definition) is 3. The highest BCUT2D eigenvalue weighted by atomic mass is 19.4. The Bertz CT molecular complexity index is 1070. The Kier molecular flexibility index (Phi) is 4.93. The fraction of sp³-hybridized carbons (Fsp3) is 0.182. The van der Waals surface area contributed by atoms with Crippen molar-refractivity contribution < 1.29 is 27.1 Å². The number of carbonyl (C=O) groups excluding carboxylic acids is 1. The van der Waals surface area contributed by atoms with Crippen LogP contribution in [0.1, 0.15) is 33.6 Å². The molecular weight excluding hydrogens is 400 g/mol. The van der Waals surface area contributed by atoms with Gasteiger partial charge in [0.25, 0.3) is 5.91 Å². The molecule has 2 heterocycles. The maximum atomic E-state index is 13.2. The van der Waals surface area contributed by atoms with Gasteiger partial charge in [0.2, 0.25) is 0 Å².